The van der Waals surface area contributed by atoms with E-state index in [1.165, 1.54) is 6.08 Å². The van der Waals surface area contributed by atoms with Crippen LogP contribution in [0, 0.1) is 11.3 Å². The molecule has 0 saturated carbocycles. The number of ether oxygens (including phenoxy) is 1. The van der Waals surface area contributed by atoms with E-state index in [1.807, 2.05) is 6.07 Å². The van der Waals surface area contributed by atoms with Crippen molar-refractivity contribution >= 4 is 11.5 Å². The lowest BCUT2D eigenvalue weighted by Gasteiger charge is -2.01. The van der Waals surface area contributed by atoms with Crippen LogP contribution in [0.5, 0.6) is 0 Å². The molecule has 1 aromatic rings. The van der Waals surface area contributed by atoms with Gasteiger partial charge in [0.2, 0.25) is 0 Å². The van der Waals surface area contributed by atoms with Gasteiger partial charge in [0.1, 0.15) is 5.76 Å². The summed E-state index contributed by atoms with van der Waals surface area (Å²) in [6.07, 6.45) is 1.47. The van der Waals surface area contributed by atoms with E-state index in [4.69, 9.17) is 10.00 Å². The second kappa shape index (κ2) is 3.35. The maximum Gasteiger partial charge on any atom is 0.196 e. The fraction of sp³-hybridized carbons (Fsp3) is 0.0909. The SMILES string of the molecule is N#Cc1ccc(C2=CC(=O)CO2)cc1. The molecule has 0 aliphatic carbocycles. The van der Waals surface area contributed by atoms with Gasteiger partial charge in [0, 0.05) is 11.6 Å². The van der Waals surface area contributed by atoms with Gasteiger partial charge in [-0.2, -0.15) is 5.26 Å². The molecule has 0 bridgehead atoms. The molecular formula is C11H7NO2. The normalized spacial score (nSPS) is 14.5. The summed E-state index contributed by atoms with van der Waals surface area (Å²) in [5.41, 5.74) is 1.42. The summed E-state index contributed by atoms with van der Waals surface area (Å²) in [5.74, 6) is 0.559. The van der Waals surface area contributed by atoms with Crippen molar-refractivity contribution in [1.82, 2.24) is 0 Å². The summed E-state index contributed by atoms with van der Waals surface area (Å²) in [6, 6.07) is 8.95. The third-order valence-electron chi connectivity index (χ3n) is 1.96. The topological polar surface area (TPSA) is 50.1 Å². The minimum atomic E-state index is -0.0237. The first-order chi connectivity index (χ1) is 6.79. The molecule has 68 valence electrons. The van der Waals surface area contributed by atoms with Crippen molar-refractivity contribution in [2.24, 2.45) is 0 Å². The Balaban J connectivity index is 2.31. The predicted octanol–water partition coefficient (Wildman–Crippen LogP) is 1.50. The Morgan fingerprint density at radius 3 is 2.50 bits per heavy atom. The fourth-order valence-electron chi connectivity index (χ4n) is 1.25. The van der Waals surface area contributed by atoms with Crippen molar-refractivity contribution in [1.29, 1.82) is 5.26 Å². The molecule has 0 atom stereocenters. The molecule has 0 spiro atoms. The molecule has 0 fully saturated rings. The van der Waals surface area contributed by atoms with Crippen LogP contribution in [0.25, 0.3) is 5.76 Å². The highest BCUT2D eigenvalue weighted by Crippen LogP contribution is 2.20. The minimum Gasteiger partial charge on any atom is -0.485 e. The summed E-state index contributed by atoms with van der Waals surface area (Å²) in [7, 11) is 0. The largest absolute Gasteiger partial charge is 0.485 e. The lowest BCUT2D eigenvalue weighted by Crippen LogP contribution is -1.93. The highest BCUT2D eigenvalue weighted by molar-refractivity contribution is 5.99. The van der Waals surface area contributed by atoms with Crippen LogP contribution in [0.15, 0.2) is 30.3 Å². The number of carbonyl (C=O) groups is 1. The third-order valence-corrected chi connectivity index (χ3v) is 1.96. The van der Waals surface area contributed by atoms with Crippen LogP contribution in [-0.2, 0) is 9.53 Å². The number of nitriles is 1. The molecular weight excluding hydrogens is 178 g/mol. The van der Waals surface area contributed by atoms with Crippen molar-refractivity contribution in [3.63, 3.8) is 0 Å². The van der Waals surface area contributed by atoms with Crippen molar-refractivity contribution in [2.45, 2.75) is 0 Å². The molecule has 14 heavy (non-hydrogen) atoms. The molecule has 0 amide bonds. The zero-order chi connectivity index (χ0) is 9.97. The number of hydrogen-bond acceptors (Lipinski definition) is 3. The molecule has 0 radical (unpaired) electrons. The monoisotopic (exact) mass is 185 g/mol. The Hall–Kier alpha value is -2.08. The first kappa shape index (κ1) is 8.52. The van der Waals surface area contributed by atoms with Gasteiger partial charge in [-0.15, -0.1) is 0 Å². The van der Waals surface area contributed by atoms with E-state index in [9.17, 15) is 4.79 Å². The Kier molecular flexibility index (Phi) is 2.04. The van der Waals surface area contributed by atoms with Gasteiger partial charge in [-0.25, -0.2) is 0 Å². The molecule has 1 aliphatic rings. The molecule has 0 saturated heterocycles. The Morgan fingerprint density at radius 2 is 2.00 bits per heavy atom. The van der Waals surface area contributed by atoms with E-state index in [1.54, 1.807) is 24.3 Å². The summed E-state index contributed by atoms with van der Waals surface area (Å²) in [5, 5.41) is 8.59. The smallest absolute Gasteiger partial charge is 0.196 e. The molecule has 2 rings (SSSR count). The average molecular weight is 185 g/mol. The first-order valence-electron chi connectivity index (χ1n) is 4.17. The summed E-state index contributed by atoms with van der Waals surface area (Å²) >= 11 is 0. The van der Waals surface area contributed by atoms with Gasteiger partial charge >= 0.3 is 0 Å². The second-order valence-corrected chi connectivity index (χ2v) is 2.95. The number of nitrogens with zero attached hydrogens (tertiary/aromatic N) is 1. The van der Waals surface area contributed by atoms with Crippen molar-refractivity contribution < 1.29 is 9.53 Å². The van der Waals surface area contributed by atoms with Crippen LogP contribution >= 0.6 is 0 Å². The van der Waals surface area contributed by atoms with Crippen LogP contribution in [0.3, 0.4) is 0 Å². The lowest BCUT2D eigenvalue weighted by molar-refractivity contribution is -0.115. The van der Waals surface area contributed by atoms with E-state index in [0.717, 1.165) is 5.56 Å². The molecule has 0 aromatic heterocycles. The summed E-state index contributed by atoms with van der Waals surface area (Å²) in [4.78, 5) is 10.9. The number of ketones is 1. The van der Waals surface area contributed by atoms with Gasteiger partial charge in [0.25, 0.3) is 0 Å². The van der Waals surface area contributed by atoms with Gasteiger partial charge < -0.3 is 4.74 Å². The zero-order valence-corrected chi connectivity index (χ0v) is 7.36. The van der Waals surface area contributed by atoms with Gasteiger partial charge in [0.05, 0.1) is 11.6 Å². The second-order valence-electron chi connectivity index (χ2n) is 2.95. The van der Waals surface area contributed by atoms with Crippen LogP contribution in [0.2, 0.25) is 0 Å². The van der Waals surface area contributed by atoms with Crippen molar-refractivity contribution in [2.75, 3.05) is 6.61 Å². The van der Waals surface area contributed by atoms with E-state index in [-0.39, 0.29) is 12.4 Å². The third kappa shape index (κ3) is 1.50. The molecule has 1 heterocycles. The summed E-state index contributed by atoms with van der Waals surface area (Å²) in [6.45, 7) is 0.120. The van der Waals surface area contributed by atoms with E-state index < -0.39 is 0 Å². The molecule has 0 unspecified atom stereocenters. The van der Waals surface area contributed by atoms with Crippen LogP contribution in [0.4, 0.5) is 0 Å². The first-order valence-corrected chi connectivity index (χ1v) is 4.17. The van der Waals surface area contributed by atoms with Gasteiger partial charge in [-0.05, 0) is 24.3 Å². The van der Waals surface area contributed by atoms with Gasteiger partial charge in [-0.3, -0.25) is 4.79 Å². The zero-order valence-electron chi connectivity index (χ0n) is 7.36. The number of hydrogen-bond donors (Lipinski definition) is 0. The highest BCUT2D eigenvalue weighted by atomic mass is 16.5. The van der Waals surface area contributed by atoms with Crippen LogP contribution in [-0.4, -0.2) is 12.4 Å². The van der Waals surface area contributed by atoms with E-state index >= 15 is 0 Å². The average Bonchev–Trinajstić information content (AvgIpc) is 2.65. The quantitative estimate of drug-likeness (QED) is 0.666. The predicted molar refractivity (Wildman–Crippen MR) is 50.1 cm³/mol. The van der Waals surface area contributed by atoms with Crippen molar-refractivity contribution in [3.05, 3.63) is 41.5 Å². The standard InChI is InChI=1S/C11H7NO2/c12-6-8-1-3-9(4-2-8)11-5-10(13)7-14-11/h1-5H,7H2. The number of rotatable bonds is 1. The Morgan fingerprint density at radius 1 is 1.29 bits per heavy atom. The molecule has 3 nitrogen and oxygen atoms in total. The highest BCUT2D eigenvalue weighted by Gasteiger charge is 2.14. The molecule has 3 heteroatoms. The van der Waals surface area contributed by atoms with Crippen LogP contribution in [0.1, 0.15) is 11.1 Å². The van der Waals surface area contributed by atoms with Crippen molar-refractivity contribution in [3.8, 4) is 6.07 Å². The van der Waals surface area contributed by atoms with E-state index in [0.29, 0.717) is 11.3 Å². The molecule has 0 N–H and O–H groups in total. The van der Waals surface area contributed by atoms with Gasteiger partial charge in [-0.1, -0.05) is 0 Å². The van der Waals surface area contributed by atoms with E-state index in [2.05, 4.69) is 0 Å². The fourth-order valence-corrected chi connectivity index (χ4v) is 1.25. The maximum absolute atomic E-state index is 10.9. The Labute approximate surface area is 81.2 Å². The lowest BCUT2D eigenvalue weighted by atomic mass is 10.1. The van der Waals surface area contributed by atoms with Gasteiger partial charge in [0.15, 0.2) is 12.4 Å². The maximum atomic E-state index is 10.9. The molecule has 1 aliphatic heterocycles. The number of carbonyl (C=O) groups excluding carboxylic acids is 1. The molecule has 1 aromatic carbocycles. The summed E-state index contributed by atoms with van der Waals surface area (Å²) < 4.78 is 5.15. The minimum absolute atomic E-state index is 0.0237. The van der Waals surface area contributed by atoms with Crippen LogP contribution < -0.4 is 0 Å². The number of benzene rings is 1. The Bertz CT molecular complexity index is 437.